The summed E-state index contributed by atoms with van der Waals surface area (Å²) in [5.41, 5.74) is 1.07. The summed E-state index contributed by atoms with van der Waals surface area (Å²) in [7, 11) is 0. The van der Waals surface area contributed by atoms with Crippen LogP contribution in [0.1, 0.15) is 12.2 Å². The molecule has 3 heteroatoms. The smallest absolute Gasteiger partial charge is 0.246 e. The van der Waals surface area contributed by atoms with Gasteiger partial charge >= 0.3 is 0 Å². The number of hydrogen-bond donors (Lipinski definition) is 0. The Kier molecular flexibility index (Phi) is 2.72. The molecule has 0 aliphatic carbocycles. The molecule has 1 amide bonds. The van der Waals surface area contributed by atoms with Crippen LogP contribution in [0.15, 0.2) is 41.5 Å². The van der Waals surface area contributed by atoms with E-state index >= 15 is 0 Å². The number of carbonyl (C=O) groups excluding carboxylic acids is 1. The predicted molar refractivity (Wildman–Crippen MR) is 58.1 cm³/mol. The molecule has 0 N–H and O–H groups in total. The molecule has 1 aliphatic rings. The van der Waals surface area contributed by atoms with Gasteiger partial charge in [0.25, 0.3) is 0 Å². The van der Waals surface area contributed by atoms with Gasteiger partial charge in [0.05, 0.1) is 6.26 Å². The highest BCUT2D eigenvalue weighted by Gasteiger charge is 2.17. The van der Waals surface area contributed by atoms with Crippen LogP contribution in [0.5, 0.6) is 0 Å². The van der Waals surface area contributed by atoms with Gasteiger partial charge in [-0.15, -0.1) is 0 Å². The van der Waals surface area contributed by atoms with Gasteiger partial charge in [-0.1, -0.05) is 12.7 Å². The van der Waals surface area contributed by atoms with E-state index < -0.39 is 0 Å². The maximum absolute atomic E-state index is 11.4. The Hall–Kier alpha value is -1.77. The van der Waals surface area contributed by atoms with Crippen LogP contribution in [0.3, 0.4) is 0 Å². The van der Waals surface area contributed by atoms with Crippen LogP contribution in [-0.2, 0) is 4.79 Å². The summed E-state index contributed by atoms with van der Waals surface area (Å²) in [5.74, 6) is 0.823. The first-order valence-electron chi connectivity index (χ1n) is 4.95. The maximum atomic E-state index is 11.4. The summed E-state index contributed by atoms with van der Waals surface area (Å²) in [4.78, 5) is 13.2. The maximum Gasteiger partial charge on any atom is 0.246 e. The monoisotopic (exact) mass is 203 g/mol. The molecule has 1 aliphatic heterocycles. The first-order valence-corrected chi connectivity index (χ1v) is 4.95. The fourth-order valence-corrected chi connectivity index (χ4v) is 1.70. The van der Waals surface area contributed by atoms with E-state index in [0.29, 0.717) is 6.54 Å². The van der Waals surface area contributed by atoms with Crippen molar-refractivity contribution in [2.45, 2.75) is 6.42 Å². The lowest BCUT2D eigenvalue weighted by atomic mass is 10.1. The summed E-state index contributed by atoms with van der Waals surface area (Å²) in [6.45, 7) is 4.86. The fourth-order valence-electron chi connectivity index (χ4n) is 1.70. The highest BCUT2D eigenvalue weighted by molar-refractivity contribution is 5.88. The zero-order valence-electron chi connectivity index (χ0n) is 8.48. The van der Waals surface area contributed by atoms with Crippen molar-refractivity contribution >= 4 is 11.5 Å². The van der Waals surface area contributed by atoms with Gasteiger partial charge in [0.15, 0.2) is 0 Å². The zero-order valence-corrected chi connectivity index (χ0v) is 8.48. The van der Waals surface area contributed by atoms with Crippen LogP contribution < -0.4 is 0 Å². The third-order valence-electron chi connectivity index (χ3n) is 2.47. The molecule has 0 aromatic carbocycles. The number of rotatable bonds is 2. The Balaban J connectivity index is 2.13. The topological polar surface area (TPSA) is 33.5 Å². The second kappa shape index (κ2) is 4.17. The minimum atomic E-state index is -0.0212. The number of hydrogen-bond acceptors (Lipinski definition) is 2. The van der Waals surface area contributed by atoms with Gasteiger partial charge < -0.3 is 9.32 Å². The normalized spacial score (nSPS) is 16.0. The van der Waals surface area contributed by atoms with Gasteiger partial charge in [0.2, 0.25) is 5.91 Å². The number of amides is 1. The Labute approximate surface area is 88.7 Å². The quantitative estimate of drug-likeness (QED) is 0.689. The van der Waals surface area contributed by atoms with E-state index in [2.05, 4.69) is 12.7 Å². The standard InChI is InChI=1S/C12H13NO2/c1-2-12(14)13-7-3-5-10(9-13)11-6-4-8-15-11/h2,4-6,8H,1,3,7,9H2. The molecule has 0 saturated heterocycles. The molecule has 0 radical (unpaired) electrons. The number of furan rings is 1. The van der Waals surface area contributed by atoms with Crippen LogP contribution in [0, 0.1) is 0 Å². The van der Waals surface area contributed by atoms with Crippen molar-refractivity contribution in [3.63, 3.8) is 0 Å². The van der Waals surface area contributed by atoms with Crippen molar-refractivity contribution < 1.29 is 9.21 Å². The van der Waals surface area contributed by atoms with Gasteiger partial charge in [-0.2, -0.15) is 0 Å². The van der Waals surface area contributed by atoms with E-state index in [-0.39, 0.29) is 5.91 Å². The van der Waals surface area contributed by atoms with Crippen molar-refractivity contribution in [3.05, 3.63) is 42.9 Å². The molecule has 0 fully saturated rings. The van der Waals surface area contributed by atoms with Gasteiger partial charge in [-0.3, -0.25) is 4.79 Å². The highest BCUT2D eigenvalue weighted by Crippen LogP contribution is 2.21. The summed E-state index contributed by atoms with van der Waals surface area (Å²) >= 11 is 0. The molecule has 1 aromatic rings. The van der Waals surface area contributed by atoms with Crippen molar-refractivity contribution in [2.75, 3.05) is 13.1 Å². The Morgan fingerprint density at radius 1 is 1.60 bits per heavy atom. The molecule has 3 nitrogen and oxygen atoms in total. The van der Waals surface area contributed by atoms with Crippen molar-refractivity contribution in [3.8, 4) is 0 Å². The summed E-state index contributed by atoms with van der Waals surface area (Å²) in [6.07, 6.45) is 5.98. The molecular formula is C12H13NO2. The average molecular weight is 203 g/mol. The van der Waals surface area contributed by atoms with E-state index in [4.69, 9.17) is 4.42 Å². The third-order valence-corrected chi connectivity index (χ3v) is 2.47. The first-order chi connectivity index (χ1) is 7.31. The fraction of sp³-hybridized carbons (Fsp3) is 0.250. The minimum absolute atomic E-state index is 0.0212. The second-order valence-corrected chi connectivity index (χ2v) is 3.46. The van der Waals surface area contributed by atoms with E-state index in [1.807, 2.05) is 12.1 Å². The third kappa shape index (κ3) is 2.01. The van der Waals surface area contributed by atoms with Crippen LogP contribution in [0.2, 0.25) is 0 Å². The van der Waals surface area contributed by atoms with Gasteiger partial charge in [0.1, 0.15) is 5.76 Å². The Morgan fingerprint density at radius 2 is 2.47 bits per heavy atom. The van der Waals surface area contributed by atoms with Crippen molar-refractivity contribution in [1.29, 1.82) is 0 Å². The molecule has 2 heterocycles. The summed E-state index contributed by atoms with van der Waals surface area (Å²) in [6, 6.07) is 3.76. The molecule has 0 unspecified atom stereocenters. The first kappa shape index (κ1) is 9.77. The average Bonchev–Trinajstić information content (AvgIpc) is 2.82. The van der Waals surface area contributed by atoms with Crippen LogP contribution in [0.25, 0.3) is 5.57 Å². The van der Waals surface area contributed by atoms with Crippen LogP contribution >= 0.6 is 0 Å². The molecule has 1 aromatic heterocycles. The predicted octanol–water partition coefficient (Wildman–Crippen LogP) is 2.08. The second-order valence-electron chi connectivity index (χ2n) is 3.46. The van der Waals surface area contributed by atoms with Crippen molar-refractivity contribution in [2.24, 2.45) is 0 Å². The molecule has 0 atom stereocenters. The lowest BCUT2D eigenvalue weighted by molar-refractivity contribution is -0.125. The summed E-state index contributed by atoms with van der Waals surface area (Å²) in [5, 5.41) is 0. The van der Waals surface area contributed by atoms with Gasteiger partial charge in [0, 0.05) is 18.7 Å². The summed E-state index contributed by atoms with van der Waals surface area (Å²) < 4.78 is 5.30. The van der Waals surface area contributed by atoms with E-state index in [1.165, 1.54) is 6.08 Å². The van der Waals surface area contributed by atoms with E-state index in [0.717, 1.165) is 24.3 Å². The SMILES string of the molecule is C=CC(=O)N1CCC=C(c2ccco2)C1. The molecule has 15 heavy (non-hydrogen) atoms. The highest BCUT2D eigenvalue weighted by atomic mass is 16.3. The number of nitrogens with zero attached hydrogens (tertiary/aromatic N) is 1. The molecule has 0 bridgehead atoms. The number of carbonyl (C=O) groups is 1. The largest absolute Gasteiger partial charge is 0.465 e. The lowest BCUT2D eigenvalue weighted by Crippen LogP contribution is -2.34. The van der Waals surface area contributed by atoms with Gasteiger partial charge in [-0.05, 0) is 24.6 Å². The van der Waals surface area contributed by atoms with Crippen LogP contribution in [0.4, 0.5) is 0 Å². The van der Waals surface area contributed by atoms with Gasteiger partial charge in [-0.25, -0.2) is 0 Å². The minimum Gasteiger partial charge on any atom is -0.465 e. The molecule has 0 saturated carbocycles. The Bertz CT molecular complexity index is 390. The molecule has 2 rings (SSSR count). The van der Waals surface area contributed by atoms with Crippen molar-refractivity contribution in [1.82, 2.24) is 4.90 Å². The molecule has 0 spiro atoms. The lowest BCUT2D eigenvalue weighted by Gasteiger charge is -2.25. The zero-order chi connectivity index (χ0) is 10.7. The van der Waals surface area contributed by atoms with Crippen LogP contribution in [-0.4, -0.2) is 23.9 Å². The molecular weight excluding hydrogens is 190 g/mol. The Morgan fingerprint density at radius 3 is 3.13 bits per heavy atom. The molecule has 78 valence electrons. The van der Waals surface area contributed by atoms with E-state index in [1.54, 1.807) is 11.2 Å². The van der Waals surface area contributed by atoms with E-state index in [9.17, 15) is 4.79 Å².